The van der Waals surface area contributed by atoms with Crippen molar-refractivity contribution in [1.29, 1.82) is 0 Å². The van der Waals surface area contributed by atoms with Gasteiger partial charge in [0.25, 0.3) is 0 Å². The summed E-state index contributed by atoms with van der Waals surface area (Å²) in [5.74, 6) is 1.26. The summed E-state index contributed by atoms with van der Waals surface area (Å²) in [5.41, 5.74) is 6.58. The molecule has 0 atom stereocenters. The number of aryl methyl sites for hydroxylation is 2. The van der Waals surface area contributed by atoms with Gasteiger partial charge in [0, 0.05) is 25.5 Å². The lowest BCUT2D eigenvalue weighted by Crippen LogP contribution is -2.01. The number of hydrogen-bond acceptors (Lipinski definition) is 3. The summed E-state index contributed by atoms with van der Waals surface area (Å²) < 4.78 is 3.49. The lowest BCUT2D eigenvalue weighted by atomic mass is 10.5. The predicted octanol–water partition coefficient (Wildman–Crippen LogP) is 0.496. The fraction of sp³-hybridized carbons (Fsp3) is 0.250. The number of hydrogen-bond donors (Lipinski definition) is 1. The van der Waals surface area contributed by atoms with Crippen molar-refractivity contribution in [2.45, 2.75) is 6.92 Å². The number of nitrogens with two attached hydrogens (primary N) is 1. The highest BCUT2D eigenvalue weighted by atomic mass is 15.3. The maximum atomic E-state index is 5.69. The molecule has 0 aliphatic heterocycles. The second-order valence-electron chi connectivity index (χ2n) is 2.96. The van der Waals surface area contributed by atoms with Crippen LogP contribution in [-0.4, -0.2) is 19.3 Å². The van der Waals surface area contributed by atoms with Crippen LogP contribution < -0.4 is 5.73 Å². The molecule has 2 aromatic rings. The van der Waals surface area contributed by atoms with Gasteiger partial charge in [-0.25, -0.2) is 4.98 Å². The van der Waals surface area contributed by atoms with Crippen LogP contribution in [0.1, 0.15) is 5.69 Å². The second kappa shape index (κ2) is 2.62. The third kappa shape index (κ3) is 1.28. The smallest absolute Gasteiger partial charge is 0.206 e. The standard InChI is InChI=1S/C8H11N5/c1-6-5-13(8(9)10-6)7-3-4-12(2)11-7/h3-5H,1-2H3,(H2,9,10). The maximum Gasteiger partial charge on any atom is 0.206 e. The first-order valence-electron chi connectivity index (χ1n) is 3.98. The van der Waals surface area contributed by atoms with Crippen LogP contribution in [0.2, 0.25) is 0 Å². The summed E-state index contributed by atoms with van der Waals surface area (Å²) in [6, 6.07) is 1.89. The molecule has 13 heavy (non-hydrogen) atoms. The Bertz CT molecular complexity index is 425. The van der Waals surface area contributed by atoms with Crippen molar-refractivity contribution in [3.05, 3.63) is 24.2 Å². The third-order valence-corrected chi connectivity index (χ3v) is 1.80. The fourth-order valence-electron chi connectivity index (χ4n) is 1.23. The quantitative estimate of drug-likeness (QED) is 0.689. The van der Waals surface area contributed by atoms with E-state index in [1.807, 2.05) is 32.4 Å². The van der Waals surface area contributed by atoms with Crippen molar-refractivity contribution in [2.75, 3.05) is 5.73 Å². The van der Waals surface area contributed by atoms with Gasteiger partial charge in [-0.05, 0) is 6.92 Å². The zero-order valence-electron chi connectivity index (χ0n) is 7.60. The molecule has 0 aromatic carbocycles. The lowest BCUT2D eigenvalue weighted by molar-refractivity contribution is 0.752. The van der Waals surface area contributed by atoms with Crippen molar-refractivity contribution in [3.63, 3.8) is 0 Å². The minimum atomic E-state index is 0.469. The Kier molecular flexibility index (Phi) is 1.58. The molecule has 5 heteroatoms. The molecule has 0 aliphatic carbocycles. The SMILES string of the molecule is Cc1cn(-c2ccn(C)n2)c(N)n1. The highest BCUT2D eigenvalue weighted by Gasteiger charge is 2.05. The monoisotopic (exact) mass is 177 g/mol. The zero-order valence-corrected chi connectivity index (χ0v) is 7.60. The molecule has 68 valence electrons. The summed E-state index contributed by atoms with van der Waals surface area (Å²) in [6.07, 6.45) is 3.72. The van der Waals surface area contributed by atoms with Crippen molar-refractivity contribution < 1.29 is 0 Å². The van der Waals surface area contributed by atoms with E-state index in [9.17, 15) is 0 Å². The molecule has 0 aliphatic rings. The van der Waals surface area contributed by atoms with Gasteiger partial charge in [-0.2, -0.15) is 5.10 Å². The molecule has 2 N–H and O–H groups in total. The summed E-state index contributed by atoms with van der Waals surface area (Å²) >= 11 is 0. The first-order chi connectivity index (χ1) is 6.16. The van der Waals surface area contributed by atoms with E-state index in [0.717, 1.165) is 11.5 Å². The van der Waals surface area contributed by atoms with Crippen LogP contribution >= 0.6 is 0 Å². The van der Waals surface area contributed by atoms with Gasteiger partial charge in [-0.1, -0.05) is 0 Å². The summed E-state index contributed by atoms with van der Waals surface area (Å²) in [4.78, 5) is 4.09. The van der Waals surface area contributed by atoms with Crippen LogP contribution in [0.15, 0.2) is 18.5 Å². The number of nitrogens with zero attached hydrogens (tertiary/aromatic N) is 4. The van der Waals surface area contributed by atoms with E-state index in [1.165, 1.54) is 0 Å². The number of aromatic nitrogens is 4. The molecular formula is C8H11N5. The van der Waals surface area contributed by atoms with Gasteiger partial charge in [0.2, 0.25) is 5.95 Å². The highest BCUT2D eigenvalue weighted by molar-refractivity contribution is 5.34. The van der Waals surface area contributed by atoms with Gasteiger partial charge in [-0.15, -0.1) is 0 Å². The summed E-state index contributed by atoms with van der Waals surface area (Å²) in [5, 5.41) is 4.21. The van der Waals surface area contributed by atoms with Gasteiger partial charge in [0.15, 0.2) is 5.82 Å². The number of anilines is 1. The molecule has 0 saturated carbocycles. The van der Waals surface area contributed by atoms with Crippen LogP contribution in [0.3, 0.4) is 0 Å². The minimum absolute atomic E-state index is 0.469. The highest BCUT2D eigenvalue weighted by Crippen LogP contribution is 2.10. The molecule has 0 fully saturated rings. The summed E-state index contributed by atoms with van der Waals surface area (Å²) in [7, 11) is 1.86. The average Bonchev–Trinajstić information content (AvgIpc) is 2.58. The minimum Gasteiger partial charge on any atom is -0.369 e. The van der Waals surface area contributed by atoms with E-state index in [2.05, 4.69) is 10.1 Å². The van der Waals surface area contributed by atoms with E-state index in [1.54, 1.807) is 9.25 Å². The molecule has 5 nitrogen and oxygen atoms in total. The molecule has 0 spiro atoms. The third-order valence-electron chi connectivity index (χ3n) is 1.80. The normalized spacial score (nSPS) is 10.6. The Balaban J connectivity index is 2.51. The molecule has 2 heterocycles. The molecule has 2 aromatic heterocycles. The van der Waals surface area contributed by atoms with Crippen molar-refractivity contribution in [3.8, 4) is 5.82 Å². The number of nitrogen functional groups attached to an aromatic ring is 1. The molecule has 0 unspecified atom stereocenters. The Morgan fingerprint density at radius 3 is 2.69 bits per heavy atom. The molecule has 0 radical (unpaired) electrons. The van der Waals surface area contributed by atoms with Crippen LogP contribution in [0, 0.1) is 6.92 Å². The van der Waals surface area contributed by atoms with E-state index in [0.29, 0.717) is 5.95 Å². The van der Waals surface area contributed by atoms with Crippen molar-refractivity contribution in [1.82, 2.24) is 19.3 Å². The maximum absolute atomic E-state index is 5.69. The largest absolute Gasteiger partial charge is 0.369 e. The van der Waals surface area contributed by atoms with Gasteiger partial charge in [0.1, 0.15) is 0 Å². The van der Waals surface area contributed by atoms with Gasteiger partial charge >= 0.3 is 0 Å². The van der Waals surface area contributed by atoms with Crippen LogP contribution in [0.5, 0.6) is 0 Å². The Hall–Kier alpha value is -1.78. The van der Waals surface area contributed by atoms with Crippen LogP contribution in [-0.2, 0) is 7.05 Å². The molecule has 0 bridgehead atoms. The van der Waals surface area contributed by atoms with Crippen molar-refractivity contribution in [2.24, 2.45) is 7.05 Å². The summed E-state index contributed by atoms with van der Waals surface area (Å²) in [6.45, 7) is 1.90. The topological polar surface area (TPSA) is 61.7 Å². The van der Waals surface area contributed by atoms with Crippen LogP contribution in [0.25, 0.3) is 5.82 Å². The molecular weight excluding hydrogens is 166 g/mol. The van der Waals surface area contributed by atoms with E-state index >= 15 is 0 Å². The Morgan fingerprint density at radius 1 is 1.46 bits per heavy atom. The Morgan fingerprint density at radius 2 is 2.23 bits per heavy atom. The fourth-order valence-corrected chi connectivity index (χ4v) is 1.23. The zero-order chi connectivity index (χ0) is 9.42. The van der Waals surface area contributed by atoms with Crippen molar-refractivity contribution >= 4 is 5.95 Å². The van der Waals surface area contributed by atoms with Gasteiger partial charge in [-0.3, -0.25) is 9.25 Å². The van der Waals surface area contributed by atoms with E-state index < -0.39 is 0 Å². The number of rotatable bonds is 1. The first-order valence-corrected chi connectivity index (χ1v) is 3.98. The average molecular weight is 177 g/mol. The Labute approximate surface area is 75.8 Å². The van der Waals surface area contributed by atoms with E-state index in [-0.39, 0.29) is 0 Å². The lowest BCUT2D eigenvalue weighted by Gasteiger charge is -1.97. The molecule has 0 amide bonds. The first kappa shape index (κ1) is 7.85. The van der Waals surface area contributed by atoms with Gasteiger partial charge in [0.05, 0.1) is 5.69 Å². The van der Waals surface area contributed by atoms with Gasteiger partial charge < -0.3 is 5.73 Å². The van der Waals surface area contributed by atoms with Crippen LogP contribution in [0.4, 0.5) is 5.95 Å². The molecule has 2 rings (SSSR count). The predicted molar refractivity (Wildman–Crippen MR) is 49.5 cm³/mol. The molecule has 0 saturated heterocycles. The number of imidazole rings is 1. The van der Waals surface area contributed by atoms with E-state index in [4.69, 9.17) is 5.73 Å². The second-order valence-corrected chi connectivity index (χ2v) is 2.96.